The molecule has 0 amide bonds. The SMILES string of the molecule is CC=CCOc1ccc2c(F)c(C3CCC(CC)CC3)ccc2c1. The van der Waals surface area contributed by atoms with Crippen molar-refractivity contribution in [3.05, 3.63) is 53.9 Å². The summed E-state index contributed by atoms with van der Waals surface area (Å²) in [5.74, 6) is 1.97. The van der Waals surface area contributed by atoms with E-state index in [4.69, 9.17) is 4.74 Å². The highest BCUT2D eigenvalue weighted by Crippen LogP contribution is 2.39. The molecule has 1 saturated carbocycles. The molecule has 0 aliphatic heterocycles. The molecular formula is C22H27FO. The van der Waals surface area contributed by atoms with Crippen molar-refractivity contribution in [2.24, 2.45) is 5.92 Å². The summed E-state index contributed by atoms with van der Waals surface area (Å²) < 4.78 is 20.7. The molecule has 0 heterocycles. The molecule has 24 heavy (non-hydrogen) atoms. The Hall–Kier alpha value is -1.83. The quantitative estimate of drug-likeness (QED) is 0.561. The Morgan fingerprint density at radius 1 is 1.12 bits per heavy atom. The first-order valence-corrected chi connectivity index (χ1v) is 9.19. The summed E-state index contributed by atoms with van der Waals surface area (Å²) in [6.45, 7) is 4.77. The molecule has 0 N–H and O–H groups in total. The number of fused-ring (bicyclic) bond motifs is 1. The van der Waals surface area contributed by atoms with Crippen LogP contribution in [0.15, 0.2) is 42.5 Å². The third kappa shape index (κ3) is 3.63. The summed E-state index contributed by atoms with van der Waals surface area (Å²) in [4.78, 5) is 0. The lowest BCUT2D eigenvalue weighted by atomic mass is 9.77. The number of halogens is 1. The van der Waals surface area contributed by atoms with E-state index >= 15 is 4.39 Å². The lowest BCUT2D eigenvalue weighted by Crippen LogP contribution is -2.13. The molecule has 2 aromatic carbocycles. The van der Waals surface area contributed by atoms with Gasteiger partial charge in [0.15, 0.2) is 0 Å². The van der Waals surface area contributed by atoms with E-state index in [2.05, 4.69) is 6.92 Å². The van der Waals surface area contributed by atoms with E-state index in [-0.39, 0.29) is 5.82 Å². The van der Waals surface area contributed by atoms with Crippen LogP contribution in [-0.2, 0) is 0 Å². The van der Waals surface area contributed by atoms with Gasteiger partial charge in [0.2, 0.25) is 0 Å². The van der Waals surface area contributed by atoms with Crippen LogP contribution in [0.5, 0.6) is 5.75 Å². The molecule has 1 aliphatic rings. The van der Waals surface area contributed by atoms with Crippen LogP contribution in [-0.4, -0.2) is 6.61 Å². The molecule has 0 unspecified atom stereocenters. The lowest BCUT2D eigenvalue weighted by molar-refractivity contribution is 0.315. The zero-order valence-electron chi connectivity index (χ0n) is 14.7. The van der Waals surface area contributed by atoms with Gasteiger partial charge in [-0.3, -0.25) is 0 Å². The van der Waals surface area contributed by atoms with Gasteiger partial charge in [0.1, 0.15) is 18.2 Å². The Labute approximate surface area is 144 Å². The smallest absolute Gasteiger partial charge is 0.134 e. The Morgan fingerprint density at radius 2 is 1.92 bits per heavy atom. The number of allylic oxidation sites excluding steroid dienone is 1. The number of benzene rings is 2. The average Bonchev–Trinajstić information content (AvgIpc) is 2.62. The van der Waals surface area contributed by atoms with Crippen molar-refractivity contribution in [3.63, 3.8) is 0 Å². The zero-order valence-corrected chi connectivity index (χ0v) is 14.7. The third-order valence-electron chi connectivity index (χ3n) is 5.40. The minimum atomic E-state index is -0.0348. The molecule has 3 rings (SSSR count). The maximum absolute atomic E-state index is 15.0. The maximum atomic E-state index is 15.0. The molecule has 2 aromatic rings. The zero-order chi connectivity index (χ0) is 16.9. The molecule has 0 spiro atoms. The predicted molar refractivity (Wildman–Crippen MR) is 99.2 cm³/mol. The van der Waals surface area contributed by atoms with E-state index in [0.29, 0.717) is 17.9 Å². The van der Waals surface area contributed by atoms with E-state index in [1.54, 1.807) is 0 Å². The summed E-state index contributed by atoms with van der Waals surface area (Å²) in [5, 5.41) is 1.62. The van der Waals surface area contributed by atoms with Gasteiger partial charge in [-0.1, -0.05) is 37.6 Å². The highest BCUT2D eigenvalue weighted by Gasteiger charge is 2.24. The van der Waals surface area contributed by atoms with Gasteiger partial charge in [0.05, 0.1) is 0 Å². The summed E-state index contributed by atoms with van der Waals surface area (Å²) in [6.07, 6.45) is 9.87. The predicted octanol–water partition coefficient (Wildman–Crippen LogP) is 6.62. The minimum Gasteiger partial charge on any atom is -0.490 e. The van der Waals surface area contributed by atoms with E-state index in [1.807, 2.05) is 49.4 Å². The summed E-state index contributed by atoms with van der Waals surface area (Å²) in [6, 6.07) is 9.69. The molecule has 128 valence electrons. The van der Waals surface area contributed by atoms with Crippen molar-refractivity contribution in [1.82, 2.24) is 0 Å². The van der Waals surface area contributed by atoms with Gasteiger partial charge in [-0.2, -0.15) is 0 Å². The molecule has 2 heteroatoms. The van der Waals surface area contributed by atoms with Crippen LogP contribution in [0.1, 0.15) is 57.4 Å². The molecule has 0 saturated heterocycles. The van der Waals surface area contributed by atoms with Crippen molar-refractivity contribution < 1.29 is 9.13 Å². The van der Waals surface area contributed by atoms with E-state index < -0.39 is 0 Å². The van der Waals surface area contributed by atoms with Crippen LogP contribution in [0.4, 0.5) is 4.39 Å². The number of hydrogen-bond donors (Lipinski definition) is 0. The number of hydrogen-bond acceptors (Lipinski definition) is 1. The van der Waals surface area contributed by atoms with Crippen LogP contribution in [0.25, 0.3) is 10.8 Å². The summed E-state index contributed by atoms with van der Waals surface area (Å²) in [5.41, 5.74) is 0.902. The first-order chi connectivity index (χ1) is 11.7. The topological polar surface area (TPSA) is 9.23 Å². The second-order valence-electron chi connectivity index (χ2n) is 6.86. The Morgan fingerprint density at radius 3 is 2.62 bits per heavy atom. The fourth-order valence-corrected chi connectivity index (χ4v) is 3.81. The van der Waals surface area contributed by atoms with Crippen molar-refractivity contribution in [1.29, 1.82) is 0 Å². The standard InChI is InChI=1S/C22H27FO/c1-3-5-14-24-19-11-13-21-18(15-19)10-12-20(22(21)23)17-8-6-16(4-2)7-9-17/h3,5,10-13,15-17H,4,6-9,14H2,1-2H3. The van der Waals surface area contributed by atoms with Crippen LogP contribution in [0.3, 0.4) is 0 Å². The Kier molecular flexibility index (Phi) is 5.55. The Balaban J connectivity index is 1.82. The van der Waals surface area contributed by atoms with Crippen LogP contribution in [0, 0.1) is 11.7 Å². The van der Waals surface area contributed by atoms with Crippen molar-refractivity contribution in [3.8, 4) is 5.75 Å². The van der Waals surface area contributed by atoms with Gasteiger partial charge < -0.3 is 4.74 Å². The first kappa shape index (κ1) is 17.0. The molecular weight excluding hydrogens is 299 g/mol. The number of ether oxygens (including phenoxy) is 1. The normalized spacial score (nSPS) is 21.5. The van der Waals surface area contributed by atoms with Gasteiger partial charge in [0.25, 0.3) is 0 Å². The summed E-state index contributed by atoms with van der Waals surface area (Å²) >= 11 is 0. The molecule has 0 bridgehead atoms. The molecule has 0 atom stereocenters. The summed E-state index contributed by atoms with van der Waals surface area (Å²) in [7, 11) is 0. The first-order valence-electron chi connectivity index (χ1n) is 9.19. The van der Waals surface area contributed by atoms with Gasteiger partial charge in [0, 0.05) is 5.39 Å². The Bertz CT molecular complexity index is 711. The number of rotatable bonds is 5. The van der Waals surface area contributed by atoms with Crippen LogP contribution in [0.2, 0.25) is 0 Å². The minimum absolute atomic E-state index is 0.0348. The highest BCUT2D eigenvalue weighted by atomic mass is 19.1. The molecule has 0 aromatic heterocycles. The van der Waals surface area contributed by atoms with Crippen molar-refractivity contribution in [2.75, 3.05) is 6.61 Å². The molecule has 0 radical (unpaired) electrons. The van der Waals surface area contributed by atoms with Gasteiger partial charge >= 0.3 is 0 Å². The lowest BCUT2D eigenvalue weighted by Gasteiger charge is -2.28. The van der Waals surface area contributed by atoms with E-state index in [1.165, 1.54) is 19.3 Å². The van der Waals surface area contributed by atoms with Gasteiger partial charge in [-0.25, -0.2) is 4.39 Å². The van der Waals surface area contributed by atoms with Gasteiger partial charge in [-0.05, 0) is 73.6 Å². The van der Waals surface area contributed by atoms with E-state index in [0.717, 1.165) is 35.5 Å². The molecule has 1 fully saturated rings. The largest absolute Gasteiger partial charge is 0.490 e. The molecule has 1 nitrogen and oxygen atoms in total. The average molecular weight is 326 g/mol. The molecule has 1 aliphatic carbocycles. The van der Waals surface area contributed by atoms with Crippen LogP contribution < -0.4 is 4.74 Å². The van der Waals surface area contributed by atoms with Crippen molar-refractivity contribution in [2.45, 2.75) is 51.9 Å². The van der Waals surface area contributed by atoms with Crippen molar-refractivity contribution >= 4 is 10.8 Å². The van der Waals surface area contributed by atoms with Crippen LogP contribution >= 0.6 is 0 Å². The second-order valence-corrected chi connectivity index (χ2v) is 6.86. The van der Waals surface area contributed by atoms with E-state index in [9.17, 15) is 0 Å². The highest BCUT2D eigenvalue weighted by molar-refractivity contribution is 5.85. The second kappa shape index (κ2) is 7.83. The third-order valence-corrected chi connectivity index (χ3v) is 5.40. The maximum Gasteiger partial charge on any atom is 0.134 e. The fourth-order valence-electron chi connectivity index (χ4n) is 3.81. The monoisotopic (exact) mass is 326 g/mol. The fraction of sp³-hybridized carbons (Fsp3) is 0.455. The van der Waals surface area contributed by atoms with Gasteiger partial charge in [-0.15, -0.1) is 0 Å².